The first-order valence-corrected chi connectivity index (χ1v) is 9.09. The molecule has 0 atom stereocenters. The summed E-state index contributed by atoms with van der Waals surface area (Å²) in [5.41, 5.74) is 2.13. The van der Waals surface area contributed by atoms with E-state index < -0.39 is 5.97 Å². The van der Waals surface area contributed by atoms with E-state index in [9.17, 15) is 9.59 Å². The zero-order valence-electron chi connectivity index (χ0n) is 15.3. The van der Waals surface area contributed by atoms with Crippen LogP contribution in [0, 0.1) is 0 Å². The molecule has 0 saturated carbocycles. The molecule has 0 saturated heterocycles. The lowest BCUT2D eigenvalue weighted by Crippen LogP contribution is -2.16. The van der Waals surface area contributed by atoms with Gasteiger partial charge in [-0.25, -0.2) is 4.79 Å². The number of fused-ring (bicyclic) bond motifs is 1. The number of aryl methyl sites for hydroxylation is 1. The van der Waals surface area contributed by atoms with Crippen molar-refractivity contribution in [3.8, 4) is 17.1 Å². The Balaban J connectivity index is 1.92. The number of benzene rings is 3. The molecule has 1 aromatic heterocycles. The van der Waals surface area contributed by atoms with Gasteiger partial charge in [-0.2, -0.15) is 0 Å². The van der Waals surface area contributed by atoms with E-state index in [1.54, 1.807) is 36.4 Å². The van der Waals surface area contributed by atoms with Gasteiger partial charge in [0, 0.05) is 5.56 Å². The van der Waals surface area contributed by atoms with E-state index in [1.807, 2.05) is 49.4 Å². The first-order chi connectivity index (χ1) is 13.7. The Labute approximate surface area is 162 Å². The van der Waals surface area contributed by atoms with E-state index in [2.05, 4.69) is 0 Å². The van der Waals surface area contributed by atoms with Gasteiger partial charge in [0.05, 0.1) is 10.9 Å². The van der Waals surface area contributed by atoms with Crippen LogP contribution in [0.4, 0.5) is 0 Å². The van der Waals surface area contributed by atoms with Gasteiger partial charge in [-0.15, -0.1) is 0 Å². The number of hydrogen-bond donors (Lipinski definition) is 0. The highest BCUT2D eigenvalue weighted by Crippen LogP contribution is 2.31. The molecule has 3 aromatic carbocycles. The van der Waals surface area contributed by atoms with Crippen molar-refractivity contribution in [2.45, 2.75) is 13.3 Å². The molecule has 0 fully saturated rings. The van der Waals surface area contributed by atoms with E-state index in [-0.39, 0.29) is 16.9 Å². The summed E-state index contributed by atoms with van der Waals surface area (Å²) in [5, 5.41) is 0.398. The monoisotopic (exact) mass is 370 g/mol. The third-order valence-corrected chi connectivity index (χ3v) is 4.56. The summed E-state index contributed by atoms with van der Waals surface area (Å²) < 4.78 is 11.6. The minimum Gasteiger partial charge on any atom is -0.452 e. The van der Waals surface area contributed by atoms with Gasteiger partial charge in [-0.3, -0.25) is 4.79 Å². The summed E-state index contributed by atoms with van der Waals surface area (Å²) in [7, 11) is 0. The summed E-state index contributed by atoms with van der Waals surface area (Å²) in [6.07, 6.45) is 0.787. The smallest absolute Gasteiger partial charge is 0.343 e. The van der Waals surface area contributed by atoms with Crippen molar-refractivity contribution in [1.82, 2.24) is 0 Å². The lowest BCUT2D eigenvalue weighted by molar-refractivity contribution is 0.0731. The molecular formula is C24H18O4. The zero-order valence-corrected chi connectivity index (χ0v) is 15.3. The molecule has 0 bridgehead atoms. The summed E-state index contributed by atoms with van der Waals surface area (Å²) in [6, 6.07) is 23.2. The van der Waals surface area contributed by atoms with Gasteiger partial charge in [0.15, 0.2) is 5.76 Å². The maximum Gasteiger partial charge on any atom is 0.343 e. The third-order valence-electron chi connectivity index (χ3n) is 4.56. The molecule has 4 aromatic rings. The Bertz CT molecular complexity index is 1190. The topological polar surface area (TPSA) is 56.5 Å². The van der Waals surface area contributed by atoms with E-state index in [4.69, 9.17) is 9.15 Å². The van der Waals surface area contributed by atoms with Crippen LogP contribution in [-0.4, -0.2) is 5.97 Å². The number of carbonyl (C=O) groups excluding carboxylic acids is 1. The van der Waals surface area contributed by atoms with Crippen molar-refractivity contribution in [2.24, 2.45) is 0 Å². The van der Waals surface area contributed by atoms with Crippen LogP contribution in [0.25, 0.3) is 22.3 Å². The Morgan fingerprint density at radius 3 is 2.29 bits per heavy atom. The molecule has 0 aliphatic carbocycles. The molecule has 0 aliphatic rings. The van der Waals surface area contributed by atoms with Crippen LogP contribution in [0.15, 0.2) is 88.1 Å². The maximum absolute atomic E-state index is 13.2. The Hall–Kier alpha value is -3.66. The SMILES string of the molecule is CCc1ccc2oc(-c3ccccc3)c(OC(=O)c3ccccc3)c(=O)c2c1. The summed E-state index contributed by atoms with van der Waals surface area (Å²) >= 11 is 0. The average molecular weight is 370 g/mol. The van der Waals surface area contributed by atoms with Gasteiger partial charge in [-0.05, 0) is 36.2 Å². The Kier molecular flexibility index (Phi) is 4.77. The molecule has 0 spiro atoms. The van der Waals surface area contributed by atoms with Crippen molar-refractivity contribution in [3.05, 3.63) is 100 Å². The molecule has 4 rings (SSSR count). The molecular weight excluding hydrogens is 352 g/mol. The second-order valence-electron chi connectivity index (χ2n) is 6.40. The third kappa shape index (κ3) is 3.32. The molecule has 1 heterocycles. The summed E-state index contributed by atoms with van der Waals surface area (Å²) in [5.74, 6) is -0.455. The van der Waals surface area contributed by atoms with Crippen LogP contribution in [0.2, 0.25) is 0 Å². The maximum atomic E-state index is 13.2. The van der Waals surface area contributed by atoms with Crippen LogP contribution in [-0.2, 0) is 6.42 Å². The largest absolute Gasteiger partial charge is 0.452 e. The summed E-state index contributed by atoms with van der Waals surface area (Å²) in [4.78, 5) is 25.8. The molecule has 138 valence electrons. The normalized spacial score (nSPS) is 10.8. The van der Waals surface area contributed by atoms with Gasteiger partial charge >= 0.3 is 5.97 Å². The predicted molar refractivity (Wildman–Crippen MR) is 109 cm³/mol. The van der Waals surface area contributed by atoms with Gasteiger partial charge in [0.1, 0.15) is 5.58 Å². The van der Waals surface area contributed by atoms with E-state index >= 15 is 0 Å². The van der Waals surface area contributed by atoms with Crippen molar-refractivity contribution >= 4 is 16.9 Å². The average Bonchev–Trinajstić information content (AvgIpc) is 2.76. The van der Waals surface area contributed by atoms with Crippen LogP contribution in [0.5, 0.6) is 5.75 Å². The van der Waals surface area contributed by atoms with E-state index in [0.717, 1.165) is 12.0 Å². The van der Waals surface area contributed by atoms with Crippen LogP contribution < -0.4 is 10.2 Å². The second-order valence-corrected chi connectivity index (χ2v) is 6.40. The van der Waals surface area contributed by atoms with Crippen molar-refractivity contribution in [2.75, 3.05) is 0 Å². The lowest BCUT2D eigenvalue weighted by atomic mass is 10.1. The minimum atomic E-state index is -0.601. The fraction of sp³-hybridized carbons (Fsp3) is 0.0833. The number of carbonyl (C=O) groups is 1. The van der Waals surface area contributed by atoms with E-state index in [1.165, 1.54) is 0 Å². The molecule has 0 unspecified atom stereocenters. The van der Waals surface area contributed by atoms with Crippen molar-refractivity contribution in [3.63, 3.8) is 0 Å². The first-order valence-electron chi connectivity index (χ1n) is 9.09. The molecule has 0 aliphatic heterocycles. The fourth-order valence-corrected chi connectivity index (χ4v) is 3.04. The zero-order chi connectivity index (χ0) is 19.5. The van der Waals surface area contributed by atoms with Gasteiger partial charge < -0.3 is 9.15 Å². The minimum absolute atomic E-state index is 0.0965. The van der Waals surface area contributed by atoms with Gasteiger partial charge in [0.25, 0.3) is 0 Å². The molecule has 28 heavy (non-hydrogen) atoms. The highest BCUT2D eigenvalue weighted by molar-refractivity contribution is 5.93. The summed E-state index contributed by atoms with van der Waals surface area (Å²) in [6.45, 7) is 2.01. The number of rotatable bonds is 4. The number of esters is 1. The van der Waals surface area contributed by atoms with Crippen molar-refractivity contribution < 1.29 is 13.9 Å². The molecule has 4 nitrogen and oxygen atoms in total. The lowest BCUT2D eigenvalue weighted by Gasteiger charge is -2.11. The molecule has 0 N–H and O–H groups in total. The predicted octanol–water partition coefficient (Wildman–Crippen LogP) is 5.24. The Morgan fingerprint density at radius 2 is 1.61 bits per heavy atom. The fourth-order valence-electron chi connectivity index (χ4n) is 3.04. The molecule has 4 heteroatoms. The molecule has 0 radical (unpaired) electrons. The second kappa shape index (κ2) is 7.53. The number of hydrogen-bond acceptors (Lipinski definition) is 4. The van der Waals surface area contributed by atoms with Crippen LogP contribution >= 0.6 is 0 Å². The Morgan fingerprint density at radius 1 is 0.929 bits per heavy atom. The molecule has 0 amide bonds. The first kappa shape index (κ1) is 17.7. The highest BCUT2D eigenvalue weighted by Gasteiger charge is 2.21. The quantitative estimate of drug-likeness (QED) is 0.461. The number of ether oxygens (including phenoxy) is 1. The van der Waals surface area contributed by atoms with Crippen LogP contribution in [0.3, 0.4) is 0 Å². The van der Waals surface area contributed by atoms with E-state index in [0.29, 0.717) is 22.1 Å². The standard InChI is InChI=1S/C24H18O4/c1-2-16-13-14-20-19(15-16)21(25)23(22(27-20)17-9-5-3-6-10-17)28-24(26)18-11-7-4-8-12-18/h3-15H,2H2,1H3. The van der Waals surface area contributed by atoms with Gasteiger partial charge in [-0.1, -0.05) is 61.5 Å². The van der Waals surface area contributed by atoms with Gasteiger partial charge in [0.2, 0.25) is 11.2 Å². The highest BCUT2D eigenvalue weighted by atomic mass is 16.5. The van der Waals surface area contributed by atoms with Crippen LogP contribution in [0.1, 0.15) is 22.8 Å². The van der Waals surface area contributed by atoms with Crippen molar-refractivity contribution in [1.29, 1.82) is 0 Å².